The van der Waals surface area contributed by atoms with Crippen molar-refractivity contribution >= 4 is 46.5 Å². The summed E-state index contributed by atoms with van der Waals surface area (Å²) < 4.78 is 6.88. The monoisotopic (exact) mass is 415 g/mol. The van der Waals surface area contributed by atoms with Gasteiger partial charge in [0.2, 0.25) is 0 Å². The molecule has 0 unspecified atom stereocenters. The predicted octanol–water partition coefficient (Wildman–Crippen LogP) is 4.07. The smallest absolute Gasteiger partial charge is 0.262 e. The molecule has 3 aromatic rings. The highest BCUT2D eigenvalue weighted by atomic mass is 32.2. The summed E-state index contributed by atoms with van der Waals surface area (Å²) in [5, 5.41) is 3.38. The summed E-state index contributed by atoms with van der Waals surface area (Å²) in [6.07, 6.45) is 2.67. The van der Waals surface area contributed by atoms with Crippen molar-refractivity contribution < 1.29 is 9.53 Å². The first-order chi connectivity index (χ1) is 13.5. The molecule has 8 heteroatoms. The van der Waals surface area contributed by atoms with E-state index in [1.165, 1.54) is 4.57 Å². The lowest BCUT2D eigenvalue weighted by molar-refractivity contribution is 0.102. The maximum Gasteiger partial charge on any atom is 0.262 e. The number of carbonyl (C=O) groups excluding carboxylic acids is 1. The van der Waals surface area contributed by atoms with Gasteiger partial charge in [0.05, 0.1) is 10.9 Å². The Hall–Kier alpha value is -2.42. The van der Waals surface area contributed by atoms with Crippen LogP contribution < -0.4 is 10.9 Å². The third kappa shape index (κ3) is 4.52. The van der Waals surface area contributed by atoms with Gasteiger partial charge in [-0.2, -0.15) is 0 Å². The largest absolute Gasteiger partial charge is 0.385 e. The van der Waals surface area contributed by atoms with Gasteiger partial charge in [-0.25, -0.2) is 0 Å². The van der Waals surface area contributed by atoms with Crippen LogP contribution in [0.25, 0.3) is 10.9 Å². The summed E-state index contributed by atoms with van der Waals surface area (Å²) in [6.45, 7) is 1.03. The second-order valence-corrected chi connectivity index (χ2v) is 7.45. The number of methoxy groups -OCH3 is 1. The zero-order valence-electron chi connectivity index (χ0n) is 15.7. The fraction of sp³-hybridized carbons (Fsp3) is 0.250. The molecule has 1 amide bonds. The number of anilines is 1. The number of ether oxygens (including phenoxy) is 1. The van der Waals surface area contributed by atoms with E-state index in [0.717, 1.165) is 10.6 Å². The summed E-state index contributed by atoms with van der Waals surface area (Å²) in [5.74, 6) is -0.247. The van der Waals surface area contributed by atoms with E-state index in [-0.39, 0.29) is 11.5 Å². The molecular formula is C20H21N3O3S2. The molecule has 146 valence electrons. The van der Waals surface area contributed by atoms with E-state index < -0.39 is 0 Å². The molecule has 28 heavy (non-hydrogen) atoms. The molecule has 0 saturated heterocycles. The lowest BCUT2D eigenvalue weighted by Gasteiger charge is -2.10. The van der Waals surface area contributed by atoms with Crippen LogP contribution in [0, 0.1) is 4.77 Å². The van der Waals surface area contributed by atoms with Crippen molar-refractivity contribution in [2.24, 2.45) is 0 Å². The van der Waals surface area contributed by atoms with E-state index in [1.807, 2.05) is 30.5 Å². The maximum absolute atomic E-state index is 12.7. The van der Waals surface area contributed by atoms with Crippen molar-refractivity contribution in [2.75, 3.05) is 25.3 Å². The Kier molecular flexibility index (Phi) is 6.66. The number of benzene rings is 2. The second kappa shape index (κ2) is 9.18. The van der Waals surface area contributed by atoms with Crippen molar-refractivity contribution in [3.8, 4) is 0 Å². The van der Waals surface area contributed by atoms with Gasteiger partial charge in [-0.05, 0) is 61.3 Å². The number of thioether (sulfide) groups is 1. The van der Waals surface area contributed by atoms with Gasteiger partial charge in [-0.3, -0.25) is 14.2 Å². The molecule has 0 aliphatic heterocycles. The van der Waals surface area contributed by atoms with Gasteiger partial charge < -0.3 is 15.0 Å². The van der Waals surface area contributed by atoms with Gasteiger partial charge in [-0.1, -0.05) is 6.07 Å². The van der Waals surface area contributed by atoms with Crippen LogP contribution in [0.1, 0.15) is 16.8 Å². The number of carbonyl (C=O) groups is 1. The highest BCUT2D eigenvalue weighted by Gasteiger charge is 2.11. The number of H-pyrrole nitrogens is 1. The minimum atomic E-state index is -0.247. The Labute approximate surface area is 171 Å². The zero-order valence-corrected chi connectivity index (χ0v) is 17.3. The van der Waals surface area contributed by atoms with Crippen molar-refractivity contribution in [1.29, 1.82) is 0 Å². The van der Waals surface area contributed by atoms with Crippen LogP contribution in [0.4, 0.5) is 5.69 Å². The first kappa shape index (κ1) is 20.3. The normalized spacial score (nSPS) is 10.9. The first-order valence-electron chi connectivity index (χ1n) is 8.74. The second-order valence-electron chi connectivity index (χ2n) is 6.18. The summed E-state index contributed by atoms with van der Waals surface area (Å²) >= 11 is 6.93. The Morgan fingerprint density at radius 2 is 2.11 bits per heavy atom. The van der Waals surface area contributed by atoms with Gasteiger partial charge in [0.1, 0.15) is 0 Å². The summed E-state index contributed by atoms with van der Waals surface area (Å²) in [7, 11) is 1.62. The van der Waals surface area contributed by atoms with Gasteiger partial charge in [0.25, 0.3) is 11.5 Å². The minimum Gasteiger partial charge on any atom is -0.385 e. The van der Waals surface area contributed by atoms with Crippen LogP contribution in [0.15, 0.2) is 52.2 Å². The van der Waals surface area contributed by atoms with E-state index in [2.05, 4.69) is 10.3 Å². The fourth-order valence-corrected chi connectivity index (χ4v) is 3.61. The van der Waals surface area contributed by atoms with Crippen molar-refractivity contribution in [1.82, 2.24) is 9.55 Å². The van der Waals surface area contributed by atoms with Crippen molar-refractivity contribution in [3.05, 3.63) is 63.2 Å². The van der Waals surface area contributed by atoms with Gasteiger partial charge >= 0.3 is 0 Å². The minimum absolute atomic E-state index is 0.172. The molecule has 0 aliphatic rings. The SMILES string of the molecule is COCCCn1c(=S)[nH]c2cc(C(=O)Nc3cccc(SC)c3)ccc2c1=O. The Morgan fingerprint density at radius 1 is 1.29 bits per heavy atom. The molecule has 1 aromatic heterocycles. The summed E-state index contributed by atoms with van der Waals surface area (Å²) in [6, 6.07) is 12.6. The van der Waals surface area contributed by atoms with Crippen molar-refractivity contribution in [3.63, 3.8) is 0 Å². The van der Waals surface area contributed by atoms with Crippen LogP contribution in [-0.4, -0.2) is 35.4 Å². The topological polar surface area (TPSA) is 76.1 Å². The maximum atomic E-state index is 12.7. The number of fused-ring (bicyclic) bond motifs is 1. The molecule has 0 saturated carbocycles. The molecular weight excluding hydrogens is 394 g/mol. The lowest BCUT2D eigenvalue weighted by atomic mass is 10.1. The number of rotatable bonds is 7. The van der Waals surface area contributed by atoms with Gasteiger partial charge in [0.15, 0.2) is 4.77 Å². The third-order valence-corrected chi connectivity index (χ3v) is 5.35. The average Bonchev–Trinajstić information content (AvgIpc) is 2.70. The Morgan fingerprint density at radius 3 is 2.86 bits per heavy atom. The Bertz CT molecular complexity index is 1120. The number of aromatic nitrogens is 2. The van der Waals surface area contributed by atoms with E-state index >= 15 is 0 Å². The van der Waals surface area contributed by atoms with E-state index in [1.54, 1.807) is 37.1 Å². The summed E-state index contributed by atoms with van der Waals surface area (Å²) in [5.41, 5.74) is 1.54. The Balaban J connectivity index is 1.89. The third-order valence-electron chi connectivity index (χ3n) is 4.30. The van der Waals surface area contributed by atoms with Crippen molar-refractivity contribution in [2.45, 2.75) is 17.9 Å². The van der Waals surface area contributed by atoms with E-state index in [4.69, 9.17) is 17.0 Å². The number of nitrogens with one attached hydrogen (secondary N) is 2. The number of hydrogen-bond donors (Lipinski definition) is 2. The van der Waals surface area contributed by atoms with Crippen LogP contribution in [-0.2, 0) is 11.3 Å². The number of nitrogens with zero attached hydrogens (tertiary/aromatic N) is 1. The van der Waals surface area contributed by atoms with Gasteiger partial charge in [0, 0.05) is 36.4 Å². The molecule has 0 atom stereocenters. The highest BCUT2D eigenvalue weighted by molar-refractivity contribution is 7.98. The van der Waals surface area contributed by atoms with Gasteiger partial charge in [-0.15, -0.1) is 11.8 Å². The molecule has 0 spiro atoms. The number of hydrogen-bond acceptors (Lipinski definition) is 5. The number of aromatic amines is 1. The predicted molar refractivity (Wildman–Crippen MR) is 116 cm³/mol. The summed E-state index contributed by atoms with van der Waals surface area (Å²) in [4.78, 5) is 29.5. The first-order valence-corrected chi connectivity index (χ1v) is 10.4. The highest BCUT2D eigenvalue weighted by Crippen LogP contribution is 2.20. The lowest BCUT2D eigenvalue weighted by Crippen LogP contribution is -2.23. The van der Waals surface area contributed by atoms with E-state index in [0.29, 0.717) is 40.8 Å². The fourth-order valence-electron chi connectivity index (χ4n) is 2.87. The number of amides is 1. The van der Waals surface area contributed by atoms with Crippen LogP contribution in [0.5, 0.6) is 0 Å². The zero-order chi connectivity index (χ0) is 20.1. The molecule has 1 heterocycles. The molecule has 3 rings (SSSR count). The molecule has 0 aliphatic carbocycles. The van der Waals surface area contributed by atoms with Crippen LogP contribution in [0.3, 0.4) is 0 Å². The quantitative estimate of drug-likeness (QED) is 0.346. The molecule has 2 N–H and O–H groups in total. The molecule has 0 fully saturated rings. The molecule has 0 bridgehead atoms. The molecule has 6 nitrogen and oxygen atoms in total. The standard InChI is InChI=1S/C20H21N3O3S2/c1-26-10-4-9-23-19(25)16-8-7-13(11-17(16)22-20(23)27)18(24)21-14-5-3-6-15(12-14)28-2/h3,5-8,11-12H,4,9-10H2,1-2H3,(H,21,24)(H,22,27). The molecule has 0 radical (unpaired) electrons. The van der Waals surface area contributed by atoms with E-state index in [9.17, 15) is 9.59 Å². The van der Waals surface area contributed by atoms with Crippen LogP contribution >= 0.6 is 24.0 Å². The average molecular weight is 416 g/mol. The molecule has 2 aromatic carbocycles. The van der Waals surface area contributed by atoms with Crippen LogP contribution in [0.2, 0.25) is 0 Å².